The summed E-state index contributed by atoms with van der Waals surface area (Å²) >= 11 is 0. The molecule has 0 amide bonds. The zero-order valence-electron chi connectivity index (χ0n) is 27.6. The average molecular weight is 622 g/mol. The molecule has 0 aliphatic carbocycles. The van der Waals surface area contributed by atoms with Crippen LogP contribution in [0.1, 0.15) is 136 Å². The molecule has 246 valence electrons. The standard InChI is InChI=1S/C36H51N3O6/c1-4-7-10-13-16-19-22-37-31(40)25-26(32(37)41)28-30(36(45)39(34(28)43)24-21-18-15-12-9-6-3)29-27(25)33(42)38(35(29)44)23-20-17-14-11-8-5-2/h4-24H2,1-3H3. The minimum atomic E-state index is -0.653. The fraction of sp³-hybridized carbons (Fsp3) is 0.667. The van der Waals surface area contributed by atoms with E-state index in [2.05, 4.69) is 20.8 Å². The van der Waals surface area contributed by atoms with E-state index in [1.54, 1.807) is 0 Å². The molecule has 0 atom stereocenters. The molecular formula is C36H51N3O6. The highest BCUT2D eigenvalue weighted by molar-refractivity contribution is 6.25. The summed E-state index contributed by atoms with van der Waals surface area (Å²) in [6, 6.07) is 0. The molecule has 0 bridgehead atoms. The Hall–Kier alpha value is -3.36. The lowest BCUT2D eigenvalue weighted by atomic mass is 10.0. The quantitative estimate of drug-likeness (QED) is 0.104. The van der Waals surface area contributed by atoms with Gasteiger partial charge in [-0.15, -0.1) is 0 Å². The highest BCUT2D eigenvalue weighted by Crippen LogP contribution is 2.26. The van der Waals surface area contributed by atoms with Crippen LogP contribution in [0.4, 0.5) is 0 Å². The molecule has 4 rings (SSSR count). The Morgan fingerprint density at radius 1 is 0.289 bits per heavy atom. The van der Waals surface area contributed by atoms with E-state index in [9.17, 15) is 28.8 Å². The summed E-state index contributed by atoms with van der Waals surface area (Å²) in [4.78, 5) is 83.0. The SMILES string of the molecule is CCCCCCCCn1c(=O)c2c3c(=O)n(CCCCCCCC)c(=O)c3c3c(=O)n(CCCCCCCC)c(=O)c3c2c1=O. The maximum atomic E-state index is 13.8. The maximum absolute atomic E-state index is 13.8. The molecule has 0 spiro atoms. The van der Waals surface area contributed by atoms with E-state index >= 15 is 0 Å². The molecule has 0 saturated heterocycles. The molecule has 3 aromatic heterocycles. The van der Waals surface area contributed by atoms with Crippen molar-refractivity contribution < 1.29 is 0 Å². The van der Waals surface area contributed by atoms with Crippen LogP contribution in [0, 0.1) is 0 Å². The van der Waals surface area contributed by atoms with Crippen molar-refractivity contribution in [2.24, 2.45) is 0 Å². The molecule has 0 aliphatic rings. The van der Waals surface area contributed by atoms with Crippen LogP contribution < -0.4 is 33.4 Å². The molecule has 0 saturated carbocycles. The number of rotatable bonds is 21. The van der Waals surface area contributed by atoms with Gasteiger partial charge in [0.05, 0.1) is 32.3 Å². The van der Waals surface area contributed by atoms with Crippen LogP contribution in [-0.2, 0) is 19.6 Å². The van der Waals surface area contributed by atoms with Crippen molar-refractivity contribution in [1.82, 2.24) is 13.7 Å². The number of hydrogen-bond acceptors (Lipinski definition) is 6. The summed E-state index contributed by atoms with van der Waals surface area (Å²) < 4.78 is 3.31. The predicted molar refractivity (Wildman–Crippen MR) is 184 cm³/mol. The van der Waals surface area contributed by atoms with Crippen LogP contribution in [0.15, 0.2) is 28.8 Å². The number of nitrogens with zero attached hydrogens (tertiary/aromatic N) is 3. The predicted octanol–water partition coefficient (Wildman–Crippen LogP) is 6.11. The third-order valence-corrected chi connectivity index (χ3v) is 9.46. The molecule has 0 unspecified atom stereocenters. The first kappa shape index (κ1) is 34.5. The van der Waals surface area contributed by atoms with Crippen LogP contribution in [0.2, 0.25) is 0 Å². The smallest absolute Gasteiger partial charge is 0.262 e. The van der Waals surface area contributed by atoms with Crippen molar-refractivity contribution in [3.8, 4) is 0 Å². The van der Waals surface area contributed by atoms with Gasteiger partial charge < -0.3 is 0 Å². The summed E-state index contributed by atoms with van der Waals surface area (Å²) in [6.07, 6.45) is 17.3. The van der Waals surface area contributed by atoms with Crippen LogP contribution in [0.3, 0.4) is 0 Å². The molecule has 0 fully saturated rings. The Morgan fingerprint density at radius 3 is 0.667 bits per heavy atom. The minimum absolute atomic E-state index is 0.162. The first-order valence-corrected chi connectivity index (χ1v) is 17.6. The number of hydrogen-bond donors (Lipinski definition) is 0. The molecule has 9 heteroatoms. The van der Waals surface area contributed by atoms with Gasteiger partial charge in [-0.2, -0.15) is 0 Å². The Balaban J connectivity index is 1.85. The third kappa shape index (κ3) is 7.07. The summed E-state index contributed by atoms with van der Waals surface area (Å²) in [7, 11) is 0. The van der Waals surface area contributed by atoms with Gasteiger partial charge >= 0.3 is 0 Å². The molecule has 1 aromatic carbocycles. The highest BCUT2D eigenvalue weighted by Gasteiger charge is 2.30. The largest absolute Gasteiger partial charge is 0.274 e. The normalized spacial score (nSPS) is 12.1. The first-order valence-electron chi connectivity index (χ1n) is 17.6. The van der Waals surface area contributed by atoms with Gasteiger partial charge in [-0.3, -0.25) is 42.5 Å². The summed E-state index contributed by atoms with van der Waals surface area (Å²) in [5.41, 5.74) is -3.92. The van der Waals surface area contributed by atoms with Crippen LogP contribution in [-0.4, -0.2) is 13.7 Å². The number of fused-ring (bicyclic) bond motifs is 6. The third-order valence-electron chi connectivity index (χ3n) is 9.46. The van der Waals surface area contributed by atoms with Crippen LogP contribution >= 0.6 is 0 Å². The Bertz CT molecular complexity index is 1540. The topological polar surface area (TPSA) is 117 Å². The van der Waals surface area contributed by atoms with Crippen molar-refractivity contribution in [2.45, 2.75) is 156 Å². The molecule has 0 N–H and O–H groups in total. The summed E-state index contributed by atoms with van der Waals surface area (Å²) in [5, 5.41) is -1.05. The monoisotopic (exact) mass is 621 g/mol. The van der Waals surface area contributed by atoms with Crippen molar-refractivity contribution in [3.63, 3.8) is 0 Å². The fourth-order valence-corrected chi connectivity index (χ4v) is 6.88. The second-order valence-corrected chi connectivity index (χ2v) is 12.8. The molecule has 0 aliphatic heterocycles. The molecular weight excluding hydrogens is 570 g/mol. The molecule has 9 nitrogen and oxygen atoms in total. The van der Waals surface area contributed by atoms with Crippen LogP contribution in [0.5, 0.6) is 0 Å². The number of benzene rings is 1. The van der Waals surface area contributed by atoms with Gasteiger partial charge in [-0.05, 0) is 19.3 Å². The molecule has 0 radical (unpaired) electrons. The van der Waals surface area contributed by atoms with Gasteiger partial charge in [0.25, 0.3) is 33.4 Å². The second kappa shape index (κ2) is 16.3. The van der Waals surface area contributed by atoms with Gasteiger partial charge in [0, 0.05) is 19.6 Å². The lowest BCUT2D eigenvalue weighted by Gasteiger charge is -2.01. The molecule has 45 heavy (non-hydrogen) atoms. The fourth-order valence-electron chi connectivity index (χ4n) is 6.88. The summed E-state index contributed by atoms with van der Waals surface area (Å²) in [5.74, 6) is 0. The van der Waals surface area contributed by atoms with Gasteiger partial charge in [-0.25, -0.2) is 0 Å². The van der Waals surface area contributed by atoms with E-state index in [1.807, 2.05) is 0 Å². The second-order valence-electron chi connectivity index (χ2n) is 12.8. The summed E-state index contributed by atoms with van der Waals surface area (Å²) in [6.45, 7) is 6.89. The van der Waals surface area contributed by atoms with Gasteiger partial charge in [-0.1, -0.05) is 117 Å². The van der Waals surface area contributed by atoms with Crippen molar-refractivity contribution in [3.05, 3.63) is 62.1 Å². The minimum Gasteiger partial charge on any atom is -0.274 e. The lowest BCUT2D eigenvalue weighted by Crippen LogP contribution is -2.26. The number of unbranched alkanes of at least 4 members (excludes halogenated alkanes) is 15. The van der Waals surface area contributed by atoms with Gasteiger partial charge in [0.2, 0.25) is 0 Å². The number of aromatic nitrogens is 3. The van der Waals surface area contributed by atoms with E-state index in [1.165, 1.54) is 0 Å². The van der Waals surface area contributed by atoms with E-state index in [0.29, 0.717) is 19.3 Å². The Labute approximate surface area is 263 Å². The Kier molecular flexibility index (Phi) is 12.5. The van der Waals surface area contributed by atoms with E-state index in [-0.39, 0.29) is 52.0 Å². The van der Waals surface area contributed by atoms with Gasteiger partial charge in [0.15, 0.2) is 0 Å². The van der Waals surface area contributed by atoms with Crippen molar-refractivity contribution >= 4 is 32.3 Å². The first-order chi connectivity index (χ1) is 21.8. The van der Waals surface area contributed by atoms with E-state index in [4.69, 9.17) is 0 Å². The van der Waals surface area contributed by atoms with E-state index in [0.717, 1.165) is 110 Å². The molecule has 3 heterocycles. The van der Waals surface area contributed by atoms with Crippen LogP contribution in [0.25, 0.3) is 32.3 Å². The molecule has 4 aromatic rings. The maximum Gasteiger partial charge on any atom is 0.262 e. The van der Waals surface area contributed by atoms with Crippen molar-refractivity contribution in [2.75, 3.05) is 0 Å². The highest BCUT2D eigenvalue weighted by atomic mass is 16.2. The zero-order chi connectivity index (χ0) is 32.5. The van der Waals surface area contributed by atoms with Gasteiger partial charge in [0.1, 0.15) is 0 Å². The average Bonchev–Trinajstić information content (AvgIpc) is 3.53. The zero-order valence-corrected chi connectivity index (χ0v) is 27.6. The Morgan fingerprint density at radius 2 is 0.467 bits per heavy atom. The van der Waals surface area contributed by atoms with E-state index < -0.39 is 33.4 Å². The lowest BCUT2D eigenvalue weighted by molar-refractivity contribution is 0.547. The van der Waals surface area contributed by atoms with Crippen molar-refractivity contribution in [1.29, 1.82) is 0 Å².